The van der Waals surface area contributed by atoms with E-state index >= 15 is 0 Å². The lowest BCUT2D eigenvalue weighted by atomic mass is 9.94. The molecule has 0 bridgehead atoms. The molecular weight excluding hydrogens is 453 g/mol. The monoisotopic (exact) mass is 474 g/mol. The first kappa shape index (κ1) is 23.0. The Labute approximate surface area is 192 Å². The minimum Gasteiger partial charge on any atom is -0.493 e. The van der Waals surface area contributed by atoms with Crippen LogP contribution in [0.1, 0.15) is 5.56 Å². The van der Waals surface area contributed by atoms with Crippen LogP contribution in [0.4, 0.5) is 13.2 Å². The molecule has 0 spiro atoms. The normalized spacial score (nSPS) is 13.6. The second-order valence-electron chi connectivity index (χ2n) is 7.33. The zero-order chi connectivity index (χ0) is 23.6. The number of para-hydroxylation sites is 1. The van der Waals surface area contributed by atoms with Crippen molar-refractivity contribution in [2.24, 2.45) is 0 Å². The van der Waals surface area contributed by atoms with Gasteiger partial charge in [-0.3, -0.25) is 0 Å². The Hall–Kier alpha value is -3.17. The molecule has 0 radical (unpaired) electrons. The number of aromatic nitrogens is 2. The third kappa shape index (κ3) is 4.38. The molecule has 4 rings (SSSR count). The molecule has 33 heavy (non-hydrogen) atoms. The highest BCUT2D eigenvalue weighted by molar-refractivity contribution is 7.99. The molecule has 5 nitrogen and oxygen atoms in total. The Kier molecular flexibility index (Phi) is 6.27. The van der Waals surface area contributed by atoms with Crippen molar-refractivity contribution in [1.82, 2.24) is 9.78 Å². The fourth-order valence-corrected chi connectivity index (χ4v) is 4.55. The SMILES string of the molecule is COc1ccc(SCC(O)(c2ccc3c(cnn3-c3ccccc3)c2)C(F)(F)F)cc1OC. The van der Waals surface area contributed by atoms with Gasteiger partial charge >= 0.3 is 6.18 Å². The fraction of sp³-hybridized carbons (Fsp3) is 0.208. The van der Waals surface area contributed by atoms with Crippen LogP contribution in [0.5, 0.6) is 11.5 Å². The largest absolute Gasteiger partial charge is 0.493 e. The van der Waals surface area contributed by atoms with Gasteiger partial charge in [0.2, 0.25) is 0 Å². The van der Waals surface area contributed by atoms with Crippen LogP contribution in [-0.2, 0) is 5.60 Å². The molecule has 0 amide bonds. The minimum atomic E-state index is -4.89. The number of fused-ring (bicyclic) bond motifs is 1. The third-order valence-corrected chi connectivity index (χ3v) is 6.47. The Bertz CT molecular complexity index is 1260. The number of rotatable bonds is 7. The van der Waals surface area contributed by atoms with E-state index in [4.69, 9.17) is 9.47 Å². The maximum Gasteiger partial charge on any atom is 0.422 e. The molecule has 1 N–H and O–H groups in total. The number of alkyl halides is 3. The number of hydrogen-bond donors (Lipinski definition) is 1. The summed E-state index contributed by atoms with van der Waals surface area (Å²) in [6.07, 6.45) is -3.40. The summed E-state index contributed by atoms with van der Waals surface area (Å²) < 4.78 is 54.3. The van der Waals surface area contributed by atoms with E-state index < -0.39 is 17.5 Å². The molecule has 0 aliphatic rings. The van der Waals surface area contributed by atoms with Gasteiger partial charge in [0, 0.05) is 16.0 Å². The quantitative estimate of drug-likeness (QED) is 0.354. The van der Waals surface area contributed by atoms with Gasteiger partial charge in [-0.1, -0.05) is 24.3 Å². The summed E-state index contributed by atoms with van der Waals surface area (Å²) in [5.41, 5.74) is -1.88. The van der Waals surface area contributed by atoms with Crippen molar-refractivity contribution in [1.29, 1.82) is 0 Å². The lowest BCUT2D eigenvalue weighted by Crippen LogP contribution is -2.44. The van der Waals surface area contributed by atoms with Crippen molar-refractivity contribution in [3.63, 3.8) is 0 Å². The third-order valence-electron chi connectivity index (χ3n) is 5.32. The molecule has 3 aromatic carbocycles. The van der Waals surface area contributed by atoms with E-state index in [0.717, 1.165) is 17.4 Å². The average molecular weight is 475 g/mol. The highest BCUT2D eigenvalue weighted by atomic mass is 32.2. The zero-order valence-corrected chi connectivity index (χ0v) is 18.7. The van der Waals surface area contributed by atoms with E-state index in [1.165, 1.54) is 32.5 Å². The number of ether oxygens (including phenoxy) is 2. The summed E-state index contributed by atoms with van der Waals surface area (Å²) in [6, 6.07) is 18.3. The highest BCUT2D eigenvalue weighted by Crippen LogP contribution is 2.44. The first-order valence-electron chi connectivity index (χ1n) is 9.94. The van der Waals surface area contributed by atoms with Crippen molar-refractivity contribution in [2.45, 2.75) is 16.7 Å². The number of nitrogens with zero attached hydrogens (tertiary/aromatic N) is 2. The van der Waals surface area contributed by atoms with Crippen molar-refractivity contribution < 1.29 is 27.8 Å². The Morgan fingerprint density at radius 1 is 0.939 bits per heavy atom. The van der Waals surface area contributed by atoms with Crippen LogP contribution >= 0.6 is 11.8 Å². The van der Waals surface area contributed by atoms with Crippen LogP contribution in [0.15, 0.2) is 77.8 Å². The summed E-state index contributed by atoms with van der Waals surface area (Å²) in [7, 11) is 2.92. The molecule has 172 valence electrons. The zero-order valence-electron chi connectivity index (χ0n) is 17.8. The van der Waals surface area contributed by atoms with E-state index in [0.29, 0.717) is 27.3 Å². The lowest BCUT2D eigenvalue weighted by Gasteiger charge is -2.31. The van der Waals surface area contributed by atoms with Crippen molar-refractivity contribution in [3.8, 4) is 17.2 Å². The molecule has 0 saturated heterocycles. The molecule has 0 aliphatic heterocycles. The van der Waals surface area contributed by atoms with Gasteiger partial charge in [0.1, 0.15) is 0 Å². The van der Waals surface area contributed by atoms with Gasteiger partial charge < -0.3 is 14.6 Å². The first-order valence-corrected chi connectivity index (χ1v) is 10.9. The van der Waals surface area contributed by atoms with Gasteiger partial charge in [0.25, 0.3) is 0 Å². The van der Waals surface area contributed by atoms with Crippen LogP contribution < -0.4 is 9.47 Å². The molecular formula is C24H21F3N2O3S. The van der Waals surface area contributed by atoms with E-state index in [9.17, 15) is 18.3 Å². The molecule has 0 aliphatic carbocycles. The van der Waals surface area contributed by atoms with Crippen molar-refractivity contribution >= 4 is 22.7 Å². The van der Waals surface area contributed by atoms with Crippen LogP contribution in [0.3, 0.4) is 0 Å². The topological polar surface area (TPSA) is 56.5 Å². The Balaban J connectivity index is 1.67. The molecule has 0 saturated carbocycles. The molecule has 4 aromatic rings. The predicted octanol–water partition coefficient (Wildman–Crippen LogP) is 5.58. The van der Waals surface area contributed by atoms with Crippen LogP contribution in [0.2, 0.25) is 0 Å². The van der Waals surface area contributed by atoms with Gasteiger partial charge in [-0.05, 0) is 48.0 Å². The predicted molar refractivity (Wildman–Crippen MR) is 121 cm³/mol. The number of thioether (sulfide) groups is 1. The summed E-state index contributed by atoms with van der Waals surface area (Å²) >= 11 is 0.879. The maximum atomic E-state index is 14.1. The number of benzene rings is 3. The van der Waals surface area contributed by atoms with Crippen LogP contribution in [0.25, 0.3) is 16.6 Å². The number of halogens is 3. The van der Waals surface area contributed by atoms with Crippen molar-refractivity contribution in [2.75, 3.05) is 20.0 Å². The Morgan fingerprint density at radius 3 is 2.33 bits per heavy atom. The number of methoxy groups -OCH3 is 2. The summed E-state index contributed by atoms with van der Waals surface area (Å²) in [5, 5.41) is 15.7. The second kappa shape index (κ2) is 8.99. The van der Waals surface area contributed by atoms with E-state index in [1.807, 2.05) is 30.3 Å². The standard InChI is InChI=1S/C24H21F3N2O3S/c1-31-21-11-9-19(13-22(21)32-2)33-15-23(30,24(25,26)27)17-8-10-20-16(12-17)14-28-29(20)18-6-4-3-5-7-18/h3-14,30H,15H2,1-2H3. The average Bonchev–Trinajstić information content (AvgIpc) is 3.25. The number of hydrogen-bond acceptors (Lipinski definition) is 5. The van der Waals surface area contributed by atoms with Gasteiger partial charge in [0.05, 0.1) is 31.6 Å². The summed E-state index contributed by atoms with van der Waals surface area (Å²) in [5.74, 6) is 0.228. The summed E-state index contributed by atoms with van der Waals surface area (Å²) in [4.78, 5) is 0.508. The smallest absolute Gasteiger partial charge is 0.422 e. The van der Waals surface area contributed by atoms with Gasteiger partial charge in [-0.2, -0.15) is 18.3 Å². The molecule has 1 aromatic heterocycles. The van der Waals surface area contributed by atoms with E-state index in [1.54, 1.807) is 28.9 Å². The van der Waals surface area contributed by atoms with Crippen LogP contribution in [-0.4, -0.2) is 41.0 Å². The molecule has 1 unspecified atom stereocenters. The second-order valence-corrected chi connectivity index (χ2v) is 8.38. The van der Waals surface area contributed by atoms with E-state index in [-0.39, 0.29) is 5.56 Å². The minimum absolute atomic E-state index is 0.247. The molecule has 1 heterocycles. The van der Waals surface area contributed by atoms with Gasteiger partial charge in [-0.25, -0.2) is 4.68 Å². The summed E-state index contributed by atoms with van der Waals surface area (Å²) in [6.45, 7) is 0. The lowest BCUT2D eigenvalue weighted by molar-refractivity contribution is -0.256. The Morgan fingerprint density at radius 2 is 1.67 bits per heavy atom. The maximum absolute atomic E-state index is 14.1. The van der Waals surface area contributed by atoms with Gasteiger partial charge in [-0.15, -0.1) is 11.8 Å². The fourth-order valence-electron chi connectivity index (χ4n) is 3.49. The van der Waals surface area contributed by atoms with Crippen molar-refractivity contribution in [3.05, 3.63) is 78.5 Å². The number of aliphatic hydroxyl groups is 1. The highest BCUT2D eigenvalue weighted by Gasteiger charge is 2.55. The molecule has 9 heteroatoms. The first-order chi connectivity index (χ1) is 15.8. The van der Waals surface area contributed by atoms with Crippen LogP contribution in [0, 0.1) is 0 Å². The molecule has 1 atom stereocenters. The van der Waals surface area contributed by atoms with Gasteiger partial charge in [0.15, 0.2) is 17.1 Å². The van der Waals surface area contributed by atoms with E-state index in [2.05, 4.69) is 5.10 Å². The molecule has 0 fully saturated rings.